The van der Waals surface area contributed by atoms with Crippen LogP contribution in [0.2, 0.25) is 10.0 Å². The predicted molar refractivity (Wildman–Crippen MR) is 95.0 cm³/mol. The molecule has 0 bridgehead atoms. The van der Waals surface area contributed by atoms with Crippen LogP contribution in [-0.2, 0) is 0 Å². The van der Waals surface area contributed by atoms with Crippen molar-refractivity contribution in [3.8, 4) is 0 Å². The fraction of sp³-hybridized carbons (Fsp3) is 0.176. The van der Waals surface area contributed by atoms with Gasteiger partial charge in [0.25, 0.3) is 0 Å². The smallest absolute Gasteiger partial charge is 0.163 e. The summed E-state index contributed by atoms with van der Waals surface area (Å²) >= 11 is 12.2. The van der Waals surface area contributed by atoms with E-state index in [1.807, 2.05) is 42.4 Å². The molecule has 2 aromatic rings. The number of rotatable bonds is 1. The number of fused-ring (bicyclic) bond motifs is 3. The molecule has 0 fully saturated rings. The second-order valence-corrected chi connectivity index (χ2v) is 6.35. The molecule has 0 aromatic heterocycles. The summed E-state index contributed by atoms with van der Waals surface area (Å²) < 4.78 is 0. The molecule has 6 heteroatoms. The average molecular weight is 345 g/mol. The van der Waals surface area contributed by atoms with Gasteiger partial charge in [0.15, 0.2) is 5.84 Å². The normalized spacial score (nSPS) is 16.5. The topological polar surface area (TPSA) is 31.2 Å². The highest BCUT2D eigenvalue weighted by Crippen LogP contribution is 2.31. The number of amidine groups is 2. The fourth-order valence-corrected chi connectivity index (χ4v) is 3.11. The Morgan fingerprint density at radius 3 is 2.61 bits per heavy atom. The molecule has 0 unspecified atom stereocenters. The van der Waals surface area contributed by atoms with E-state index in [1.54, 1.807) is 6.07 Å². The van der Waals surface area contributed by atoms with Crippen LogP contribution in [0.15, 0.2) is 52.6 Å². The first kappa shape index (κ1) is 14.5. The molecule has 4 nitrogen and oxygen atoms in total. The van der Waals surface area contributed by atoms with E-state index >= 15 is 0 Å². The molecule has 23 heavy (non-hydrogen) atoms. The van der Waals surface area contributed by atoms with Crippen LogP contribution in [0.4, 0.5) is 5.69 Å². The van der Waals surface area contributed by atoms with E-state index in [-0.39, 0.29) is 0 Å². The number of benzene rings is 2. The summed E-state index contributed by atoms with van der Waals surface area (Å²) in [6.07, 6.45) is 0. The second-order valence-electron chi connectivity index (χ2n) is 5.54. The molecule has 2 heterocycles. The standard InChI is InChI=1S/C17H14Cl2N4/c1-22-8-9-23-16(11-6-7-13(18)14(19)10-11)20-15-5-3-2-4-12(15)17(23)21-22/h2-7,10H,8-9H2,1H3. The lowest BCUT2D eigenvalue weighted by molar-refractivity contribution is 0.303. The van der Waals surface area contributed by atoms with Gasteiger partial charge in [-0.25, -0.2) is 4.99 Å². The van der Waals surface area contributed by atoms with Crippen LogP contribution in [0.5, 0.6) is 0 Å². The summed E-state index contributed by atoms with van der Waals surface area (Å²) in [4.78, 5) is 6.98. The van der Waals surface area contributed by atoms with Gasteiger partial charge in [-0.15, -0.1) is 0 Å². The van der Waals surface area contributed by atoms with Gasteiger partial charge < -0.3 is 4.90 Å². The van der Waals surface area contributed by atoms with Gasteiger partial charge in [0.1, 0.15) is 5.84 Å². The van der Waals surface area contributed by atoms with Crippen LogP contribution in [0.25, 0.3) is 0 Å². The molecular formula is C17H14Cl2N4. The number of halogens is 2. The lowest BCUT2D eigenvalue weighted by Gasteiger charge is -2.36. The molecule has 4 rings (SSSR count). The van der Waals surface area contributed by atoms with Crippen molar-refractivity contribution in [1.82, 2.24) is 9.91 Å². The summed E-state index contributed by atoms with van der Waals surface area (Å²) in [6.45, 7) is 1.66. The van der Waals surface area contributed by atoms with Crippen LogP contribution in [0, 0.1) is 0 Å². The van der Waals surface area contributed by atoms with E-state index < -0.39 is 0 Å². The Balaban J connectivity index is 1.91. The largest absolute Gasteiger partial charge is 0.307 e. The summed E-state index contributed by atoms with van der Waals surface area (Å²) in [5, 5.41) is 7.72. The molecule has 0 spiro atoms. The maximum absolute atomic E-state index is 6.19. The van der Waals surface area contributed by atoms with Gasteiger partial charge in [-0.05, 0) is 30.3 Å². The molecule has 2 aromatic carbocycles. The molecule has 0 N–H and O–H groups in total. The van der Waals surface area contributed by atoms with E-state index in [1.165, 1.54) is 0 Å². The van der Waals surface area contributed by atoms with Crippen molar-refractivity contribution in [2.24, 2.45) is 10.1 Å². The predicted octanol–water partition coefficient (Wildman–Crippen LogP) is 3.99. The quantitative estimate of drug-likeness (QED) is 0.782. The highest BCUT2D eigenvalue weighted by Gasteiger charge is 2.30. The molecule has 2 aliphatic rings. The number of hydrogen-bond acceptors (Lipinski definition) is 4. The first-order chi connectivity index (χ1) is 11.1. The first-order valence-corrected chi connectivity index (χ1v) is 8.10. The Labute approximate surface area is 144 Å². The average Bonchev–Trinajstić information content (AvgIpc) is 2.56. The van der Waals surface area contributed by atoms with Gasteiger partial charge in [0.05, 0.1) is 22.3 Å². The molecule has 116 valence electrons. The van der Waals surface area contributed by atoms with Crippen molar-refractivity contribution < 1.29 is 0 Å². The Hall–Kier alpha value is -2.04. The molecule has 0 saturated heterocycles. The van der Waals surface area contributed by atoms with Crippen molar-refractivity contribution in [2.75, 3.05) is 20.1 Å². The summed E-state index contributed by atoms with van der Waals surface area (Å²) in [5.74, 6) is 1.78. The third kappa shape index (κ3) is 2.48. The first-order valence-electron chi connectivity index (χ1n) is 7.34. The summed E-state index contributed by atoms with van der Waals surface area (Å²) in [6, 6.07) is 13.6. The molecule has 0 radical (unpaired) electrons. The lowest BCUT2D eigenvalue weighted by atomic mass is 10.1. The van der Waals surface area contributed by atoms with Crippen molar-refractivity contribution in [3.05, 3.63) is 63.6 Å². The Kier molecular flexibility index (Phi) is 3.51. The summed E-state index contributed by atoms with van der Waals surface area (Å²) in [7, 11) is 1.98. The Bertz CT molecular complexity index is 844. The van der Waals surface area contributed by atoms with Crippen molar-refractivity contribution in [2.45, 2.75) is 0 Å². The van der Waals surface area contributed by atoms with E-state index in [0.29, 0.717) is 10.0 Å². The molecule has 0 aliphatic carbocycles. The zero-order valence-corrected chi connectivity index (χ0v) is 14.0. The van der Waals surface area contributed by atoms with Crippen molar-refractivity contribution >= 4 is 40.6 Å². The molecule has 0 atom stereocenters. The van der Waals surface area contributed by atoms with Gasteiger partial charge in [0, 0.05) is 24.7 Å². The zero-order valence-electron chi connectivity index (χ0n) is 12.5. The molecule has 0 saturated carbocycles. The van der Waals surface area contributed by atoms with Gasteiger partial charge in [-0.1, -0.05) is 35.3 Å². The number of aliphatic imine (C=N–C) groups is 1. The van der Waals surface area contributed by atoms with E-state index in [2.05, 4.69) is 11.0 Å². The SMILES string of the molecule is CN1CCN2C(c3ccc(Cl)c(Cl)c3)=Nc3ccccc3C2=N1. The van der Waals surface area contributed by atoms with E-state index in [0.717, 1.165) is 41.6 Å². The number of hydrazone groups is 1. The minimum atomic E-state index is 0.526. The van der Waals surface area contributed by atoms with Crippen LogP contribution < -0.4 is 0 Å². The maximum Gasteiger partial charge on any atom is 0.163 e. The highest BCUT2D eigenvalue weighted by atomic mass is 35.5. The summed E-state index contributed by atoms with van der Waals surface area (Å²) in [5.41, 5.74) is 2.90. The zero-order chi connectivity index (χ0) is 16.0. The number of likely N-dealkylation sites (N-methyl/N-ethyl adjacent to an activating group) is 1. The highest BCUT2D eigenvalue weighted by molar-refractivity contribution is 6.42. The maximum atomic E-state index is 6.19. The van der Waals surface area contributed by atoms with Crippen molar-refractivity contribution in [3.63, 3.8) is 0 Å². The van der Waals surface area contributed by atoms with E-state index in [9.17, 15) is 0 Å². The van der Waals surface area contributed by atoms with Crippen LogP contribution >= 0.6 is 23.2 Å². The van der Waals surface area contributed by atoms with Crippen molar-refractivity contribution in [1.29, 1.82) is 0 Å². The third-order valence-electron chi connectivity index (χ3n) is 3.97. The molecular weight excluding hydrogens is 331 g/mol. The number of para-hydroxylation sites is 1. The van der Waals surface area contributed by atoms with Crippen LogP contribution in [0.3, 0.4) is 0 Å². The van der Waals surface area contributed by atoms with E-state index in [4.69, 9.17) is 33.3 Å². The Morgan fingerprint density at radius 1 is 0.957 bits per heavy atom. The van der Waals surface area contributed by atoms with Crippen LogP contribution in [-0.4, -0.2) is 41.7 Å². The minimum Gasteiger partial charge on any atom is -0.307 e. The minimum absolute atomic E-state index is 0.526. The molecule has 2 aliphatic heterocycles. The fourth-order valence-electron chi connectivity index (χ4n) is 2.81. The van der Waals surface area contributed by atoms with Gasteiger partial charge in [-0.2, -0.15) is 5.10 Å². The number of nitrogens with zero attached hydrogens (tertiary/aromatic N) is 4. The van der Waals surface area contributed by atoms with Gasteiger partial charge in [-0.3, -0.25) is 5.01 Å². The van der Waals surface area contributed by atoms with Gasteiger partial charge in [0.2, 0.25) is 0 Å². The molecule has 0 amide bonds. The number of hydrogen-bond donors (Lipinski definition) is 0. The monoisotopic (exact) mass is 344 g/mol. The lowest BCUT2D eigenvalue weighted by Crippen LogP contribution is -2.48. The second kappa shape index (κ2) is 5.55. The van der Waals surface area contributed by atoms with Gasteiger partial charge >= 0.3 is 0 Å². The third-order valence-corrected chi connectivity index (χ3v) is 4.71. The Morgan fingerprint density at radius 2 is 1.78 bits per heavy atom. The van der Waals surface area contributed by atoms with Crippen LogP contribution in [0.1, 0.15) is 11.1 Å².